The number of para-hydroxylation sites is 1. The molecule has 0 bridgehead atoms. The maximum atomic E-state index is 12.2. The average Bonchev–Trinajstić information content (AvgIpc) is 2.39. The quantitative estimate of drug-likeness (QED) is 0.799. The van der Waals surface area contributed by atoms with E-state index in [0.717, 1.165) is 6.29 Å². The summed E-state index contributed by atoms with van der Waals surface area (Å²) in [6.45, 7) is 5.75. The Labute approximate surface area is 116 Å². The van der Waals surface area contributed by atoms with E-state index in [9.17, 15) is 9.59 Å². The van der Waals surface area contributed by atoms with E-state index in [4.69, 9.17) is 4.74 Å². The van der Waals surface area contributed by atoms with Gasteiger partial charge in [0, 0.05) is 11.8 Å². The zero-order valence-electron chi connectivity index (χ0n) is 11.7. The third-order valence-electron chi connectivity index (χ3n) is 2.90. The van der Waals surface area contributed by atoms with Crippen molar-refractivity contribution in [3.8, 4) is 11.4 Å². The van der Waals surface area contributed by atoms with Crippen LogP contribution in [0.2, 0.25) is 0 Å². The lowest BCUT2D eigenvalue weighted by Crippen LogP contribution is -2.22. The highest BCUT2D eigenvalue weighted by molar-refractivity contribution is 5.82. The Kier molecular flexibility index (Phi) is 3.98. The molecule has 0 saturated heterocycles. The van der Waals surface area contributed by atoms with E-state index < -0.39 is 0 Å². The van der Waals surface area contributed by atoms with E-state index in [2.05, 4.69) is 4.98 Å². The van der Waals surface area contributed by atoms with Crippen LogP contribution in [0.15, 0.2) is 29.1 Å². The minimum atomic E-state index is -0.195. The van der Waals surface area contributed by atoms with Crippen LogP contribution < -0.4 is 10.3 Å². The zero-order valence-corrected chi connectivity index (χ0v) is 11.7. The van der Waals surface area contributed by atoms with Crippen molar-refractivity contribution in [3.05, 3.63) is 51.7 Å². The van der Waals surface area contributed by atoms with Crippen LogP contribution in [0.4, 0.5) is 0 Å². The van der Waals surface area contributed by atoms with Gasteiger partial charge in [-0.2, -0.15) is 0 Å². The number of carbonyl (C=O) groups excluding carboxylic acids is 1. The lowest BCUT2D eigenvalue weighted by molar-refractivity contribution is 0.111. The van der Waals surface area contributed by atoms with Crippen LogP contribution in [0.1, 0.15) is 28.8 Å². The molecule has 2 aromatic rings. The monoisotopic (exact) mass is 272 g/mol. The second kappa shape index (κ2) is 5.69. The summed E-state index contributed by atoms with van der Waals surface area (Å²) >= 11 is 0. The predicted octanol–water partition coefficient (Wildman–Crippen LogP) is 2.06. The molecule has 5 nitrogen and oxygen atoms in total. The molecule has 0 amide bonds. The van der Waals surface area contributed by atoms with Crippen LogP contribution in [0.5, 0.6) is 5.75 Å². The van der Waals surface area contributed by atoms with Gasteiger partial charge in [-0.15, -0.1) is 0 Å². The second-order valence-electron chi connectivity index (χ2n) is 4.36. The standard InChI is InChI=1S/C15H16N2O3/c1-4-20-15-12(9-18)6-5-7-13(15)17-11(3)16-10(2)8-14(17)19/h5-9H,4H2,1-3H3. The number of aromatic nitrogens is 2. The van der Waals surface area contributed by atoms with Crippen molar-refractivity contribution in [2.45, 2.75) is 20.8 Å². The molecular formula is C15H16N2O3. The lowest BCUT2D eigenvalue weighted by atomic mass is 10.2. The highest BCUT2D eigenvalue weighted by atomic mass is 16.5. The van der Waals surface area contributed by atoms with Crippen LogP contribution in [0.25, 0.3) is 5.69 Å². The van der Waals surface area contributed by atoms with Gasteiger partial charge in [0.25, 0.3) is 5.56 Å². The van der Waals surface area contributed by atoms with E-state index in [1.54, 1.807) is 32.0 Å². The topological polar surface area (TPSA) is 61.2 Å². The first kappa shape index (κ1) is 14.0. The van der Waals surface area contributed by atoms with Crippen molar-refractivity contribution in [2.75, 3.05) is 6.61 Å². The molecule has 0 fully saturated rings. The summed E-state index contributed by atoms with van der Waals surface area (Å²) in [6.07, 6.45) is 0.719. The Morgan fingerprint density at radius 3 is 2.70 bits per heavy atom. The number of hydrogen-bond acceptors (Lipinski definition) is 4. The van der Waals surface area contributed by atoms with E-state index in [0.29, 0.717) is 35.1 Å². The molecule has 1 aromatic heterocycles. The lowest BCUT2D eigenvalue weighted by Gasteiger charge is -2.15. The highest BCUT2D eigenvalue weighted by Gasteiger charge is 2.14. The first-order valence-corrected chi connectivity index (χ1v) is 6.37. The maximum Gasteiger partial charge on any atom is 0.258 e. The fourth-order valence-corrected chi connectivity index (χ4v) is 2.15. The number of carbonyl (C=O) groups is 1. The first-order chi connectivity index (χ1) is 9.58. The van der Waals surface area contributed by atoms with Gasteiger partial charge in [-0.3, -0.25) is 14.2 Å². The van der Waals surface area contributed by atoms with Crippen LogP contribution in [0.3, 0.4) is 0 Å². The van der Waals surface area contributed by atoms with E-state index in [-0.39, 0.29) is 5.56 Å². The fourth-order valence-electron chi connectivity index (χ4n) is 2.15. The third kappa shape index (κ3) is 2.47. The normalized spacial score (nSPS) is 10.3. The molecule has 0 aliphatic carbocycles. The number of nitrogens with zero attached hydrogens (tertiary/aromatic N) is 2. The molecule has 0 radical (unpaired) electrons. The summed E-state index contributed by atoms with van der Waals surface area (Å²) in [6, 6.07) is 6.57. The first-order valence-electron chi connectivity index (χ1n) is 6.37. The molecule has 1 heterocycles. The van der Waals surface area contributed by atoms with Gasteiger partial charge in [-0.1, -0.05) is 6.07 Å². The summed E-state index contributed by atoms with van der Waals surface area (Å²) < 4.78 is 6.98. The van der Waals surface area contributed by atoms with E-state index >= 15 is 0 Å². The van der Waals surface area contributed by atoms with Gasteiger partial charge < -0.3 is 4.74 Å². The molecule has 104 valence electrons. The average molecular weight is 272 g/mol. The van der Waals surface area contributed by atoms with E-state index in [1.165, 1.54) is 10.6 Å². The minimum absolute atomic E-state index is 0.195. The molecular weight excluding hydrogens is 256 g/mol. The van der Waals surface area contributed by atoms with Crippen molar-refractivity contribution in [1.29, 1.82) is 0 Å². The number of benzene rings is 1. The van der Waals surface area contributed by atoms with E-state index in [1.807, 2.05) is 6.92 Å². The molecule has 1 aromatic carbocycles. The van der Waals surface area contributed by atoms with Crippen molar-refractivity contribution < 1.29 is 9.53 Å². The molecule has 20 heavy (non-hydrogen) atoms. The Bertz CT molecular complexity index is 705. The number of aryl methyl sites for hydroxylation is 2. The summed E-state index contributed by atoms with van der Waals surface area (Å²) in [4.78, 5) is 27.6. The summed E-state index contributed by atoms with van der Waals surface area (Å²) in [7, 11) is 0. The molecule has 0 saturated carbocycles. The van der Waals surface area contributed by atoms with Gasteiger partial charge in [0.1, 0.15) is 5.82 Å². The zero-order chi connectivity index (χ0) is 14.7. The molecule has 5 heteroatoms. The smallest absolute Gasteiger partial charge is 0.258 e. The molecule has 0 N–H and O–H groups in total. The second-order valence-corrected chi connectivity index (χ2v) is 4.36. The molecule has 0 atom stereocenters. The van der Waals surface area contributed by atoms with Gasteiger partial charge in [0.2, 0.25) is 0 Å². The number of rotatable bonds is 4. The number of ether oxygens (including phenoxy) is 1. The molecule has 0 aliphatic heterocycles. The number of aldehydes is 1. The Morgan fingerprint density at radius 2 is 2.10 bits per heavy atom. The summed E-state index contributed by atoms with van der Waals surface area (Å²) in [5.41, 5.74) is 1.41. The maximum absolute atomic E-state index is 12.2. The van der Waals surface area contributed by atoms with Crippen molar-refractivity contribution in [2.24, 2.45) is 0 Å². The molecule has 0 spiro atoms. The van der Waals surface area contributed by atoms with Crippen LogP contribution in [-0.2, 0) is 0 Å². The van der Waals surface area contributed by atoms with Crippen LogP contribution >= 0.6 is 0 Å². The Balaban J connectivity index is 2.76. The summed E-state index contributed by atoms with van der Waals surface area (Å²) in [5.74, 6) is 0.958. The van der Waals surface area contributed by atoms with Crippen molar-refractivity contribution in [3.63, 3.8) is 0 Å². The molecule has 2 rings (SSSR count). The largest absolute Gasteiger partial charge is 0.491 e. The SMILES string of the molecule is CCOc1c(C=O)cccc1-n1c(C)nc(C)cc1=O. The van der Waals surface area contributed by atoms with Gasteiger partial charge in [0.15, 0.2) is 12.0 Å². The minimum Gasteiger partial charge on any atom is -0.491 e. The van der Waals surface area contributed by atoms with Gasteiger partial charge in [0.05, 0.1) is 17.9 Å². The van der Waals surface area contributed by atoms with Crippen LogP contribution in [-0.4, -0.2) is 22.4 Å². The third-order valence-corrected chi connectivity index (χ3v) is 2.90. The highest BCUT2D eigenvalue weighted by Crippen LogP contribution is 2.26. The summed E-state index contributed by atoms with van der Waals surface area (Å²) in [5, 5.41) is 0. The van der Waals surface area contributed by atoms with Gasteiger partial charge in [-0.25, -0.2) is 4.98 Å². The predicted molar refractivity (Wildman–Crippen MR) is 75.9 cm³/mol. The van der Waals surface area contributed by atoms with Crippen LogP contribution in [0, 0.1) is 13.8 Å². The number of hydrogen-bond donors (Lipinski definition) is 0. The Morgan fingerprint density at radius 1 is 1.35 bits per heavy atom. The fraction of sp³-hybridized carbons (Fsp3) is 0.267. The molecule has 0 aliphatic rings. The van der Waals surface area contributed by atoms with Crippen molar-refractivity contribution >= 4 is 6.29 Å². The van der Waals surface area contributed by atoms with Gasteiger partial charge in [-0.05, 0) is 32.9 Å². The van der Waals surface area contributed by atoms with Crippen molar-refractivity contribution in [1.82, 2.24) is 9.55 Å². The van der Waals surface area contributed by atoms with Gasteiger partial charge >= 0.3 is 0 Å². The molecule has 0 unspecified atom stereocenters. The Hall–Kier alpha value is -2.43.